The van der Waals surface area contributed by atoms with Gasteiger partial charge in [0.2, 0.25) is 0 Å². The molecule has 1 aromatic rings. The number of piperazine rings is 1. The highest BCUT2D eigenvalue weighted by Gasteiger charge is 2.19. The van der Waals surface area contributed by atoms with Crippen LogP contribution in [0.3, 0.4) is 0 Å². The van der Waals surface area contributed by atoms with E-state index in [1.807, 2.05) is 12.4 Å². The van der Waals surface area contributed by atoms with Gasteiger partial charge in [-0.05, 0) is 31.4 Å². The van der Waals surface area contributed by atoms with E-state index in [0.29, 0.717) is 12.0 Å². The molecule has 0 radical (unpaired) electrons. The van der Waals surface area contributed by atoms with Crippen molar-refractivity contribution < 1.29 is 0 Å². The van der Waals surface area contributed by atoms with Crippen molar-refractivity contribution >= 4 is 5.69 Å². The topological polar surface area (TPSA) is 19.4 Å². The summed E-state index contributed by atoms with van der Waals surface area (Å²) in [5.74, 6) is 0.550. The standard InChI is InChI=1S/C15H25N3/c1-12(2)14-9-15(11-16-10-14)18-7-5-17(6-8-18)13(3)4/h9-13H,5-8H2,1-4H3. The molecule has 3 nitrogen and oxygen atoms in total. The van der Waals surface area contributed by atoms with Crippen LogP contribution in [0.2, 0.25) is 0 Å². The number of aromatic nitrogens is 1. The summed E-state index contributed by atoms with van der Waals surface area (Å²) in [7, 11) is 0. The van der Waals surface area contributed by atoms with Crippen molar-refractivity contribution in [1.82, 2.24) is 9.88 Å². The molecule has 1 saturated heterocycles. The summed E-state index contributed by atoms with van der Waals surface area (Å²) in [6, 6.07) is 2.95. The molecule has 0 amide bonds. The van der Waals surface area contributed by atoms with Crippen molar-refractivity contribution in [2.24, 2.45) is 0 Å². The first-order valence-corrected chi connectivity index (χ1v) is 7.02. The van der Waals surface area contributed by atoms with Crippen LogP contribution in [0.25, 0.3) is 0 Å². The van der Waals surface area contributed by atoms with Crippen LogP contribution in [-0.4, -0.2) is 42.1 Å². The number of pyridine rings is 1. The lowest BCUT2D eigenvalue weighted by Gasteiger charge is -2.38. The third-order valence-electron chi connectivity index (χ3n) is 3.82. The van der Waals surface area contributed by atoms with E-state index in [1.54, 1.807) is 0 Å². The normalized spacial score (nSPS) is 17.8. The molecule has 0 unspecified atom stereocenters. The molecule has 2 rings (SSSR count). The van der Waals surface area contributed by atoms with Crippen LogP contribution in [0.15, 0.2) is 18.5 Å². The zero-order valence-corrected chi connectivity index (χ0v) is 12.1. The second-order valence-corrected chi connectivity index (χ2v) is 5.75. The van der Waals surface area contributed by atoms with E-state index >= 15 is 0 Å². The van der Waals surface area contributed by atoms with Crippen LogP contribution in [0.1, 0.15) is 39.2 Å². The third-order valence-corrected chi connectivity index (χ3v) is 3.82. The zero-order valence-electron chi connectivity index (χ0n) is 12.1. The average molecular weight is 247 g/mol. The van der Waals surface area contributed by atoms with E-state index in [0.717, 1.165) is 26.2 Å². The monoisotopic (exact) mass is 247 g/mol. The molecular formula is C15H25N3. The van der Waals surface area contributed by atoms with E-state index in [1.165, 1.54) is 11.3 Å². The van der Waals surface area contributed by atoms with Crippen molar-refractivity contribution in [3.63, 3.8) is 0 Å². The van der Waals surface area contributed by atoms with E-state index in [-0.39, 0.29) is 0 Å². The minimum atomic E-state index is 0.550. The van der Waals surface area contributed by atoms with E-state index in [2.05, 4.69) is 48.5 Å². The van der Waals surface area contributed by atoms with Crippen LogP contribution in [0, 0.1) is 0 Å². The van der Waals surface area contributed by atoms with Crippen molar-refractivity contribution in [3.8, 4) is 0 Å². The maximum Gasteiger partial charge on any atom is 0.0556 e. The molecule has 0 aromatic carbocycles. The Bertz CT molecular complexity index is 379. The smallest absolute Gasteiger partial charge is 0.0556 e. The van der Waals surface area contributed by atoms with Gasteiger partial charge in [0.25, 0.3) is 0 Å². The number of hydrogen-bond acceptors (Lipinski definition) is 3. The van der Waals surface area contributed by atoms with Gasteiger partial charge in [-0.3, -0.25) is 9.88 Å². The van der Waals surface area contributed by atoms with Crippen molar-refractivity contribution in [2.45, 2.75) is 39.7 Å². The van der Waals surface area contributed by atoms with Crippen molar-refractivity contribution in [2.75, 3.05) is 31.1 Å². The molecule has 1 fully saturated rings. The average Bonchev–Trinajstić information content (AvgIpc) is 2.39. The first kappa shape index (κ1) is 13.3. The molecular weight excluding hydrogens is 222 g/mol. The predicted octanol–water partition coefficient (Wildman–Crippen LogP) is 2.74. The molecule has 100 valence electrons. The number of nitrogens with zero attached hydrogens (tertiary/aromatic N) is 3. The lowest BCUT2D eigenvalue weighted by molar-refractivity contribution is 0.209. The lowest BCUT2D eigenvalue weighted by Crippen LogP contribution is -2.48. The molecule has 0 aliphatic carbocycles. The Morgan fingerprint density at radius 2 is 1.67 bits per heavy atom. The number of hydrogen-bond donors (Lipinski definition) is 0. The van der Waals surface area contributed by atoms with Crippen LogP contribution in [0.4, 0.5) is 5.69 Å². The minimum Gasteiger partial charge on any atom is -0.368 e. The van der Waals surface area contributed by atoms with Gasteiger partial charge >= 0.3 is 0 Å². The predicted molar refractivity (Wildman–Crippen MR) is 77.2 cm³/mol. The summed E-state index contributed by atoms with van der Waals surface area (Å²) < 4.78 is 0. The second-order valence-electron chi connectivity index (χ2n) is 5.75. The molecule has 0 atom stereocenters. The Kier molecular flexibility index (Phi) is 4.23. The maximum absolute atomic E-state index is 4.38. The fraction of sp³-hybridized carbons (Fsp3) is 0.667. The van der Waals surface area contributed by atoms with Gasteiger partial charge in [-0.25, -0.2) is 0 Å². The maximum atomic E-state index is 4.38. The molecule has 0 N–H and O–H groups in total. The van der Waals surface area contributed by atoms with E-state index in [9.17, 15) is 0 Å². The van der Waals surface area contributed by atoms with Gasteiger partial charge in [0.1, 0.15) is 0 Å². The molecule has 0 saturated carbocycles. The largest absolute Gasteiger partial charge is 0.368 e. The zero-order chi connectivity index (χ0) is 13.1. The van der Waals surface area contributed by atoms with Gasteiger partial charge in [0.15, 0.2) is 0 Å². The Hall–Kier alpha value is -1.09. The van der Waals surface area contributed by atoms with E-state index in [4.69, 9.17) is 0 Å². The summed E-state index contributed by atoms with van der Waals surface area (Å²) in [5.41, 5.74) is 2.61. The van der Waals surface area contributed by atoms with Crippen LogP contribution < -0.4 is 4.90 Å². The highest BCUT2D eigenvalue weighted by Crippen LogP contribution is 2.21. The quantitative estimate of drug-likeness (QED) is 0.818. The molecule has 0 bridgehead atoms. The van der Waals surface area contributed by atoms with Gasteiger partial charge in [-0.15, -0.1) is 0 Å². The van der Waals surface area contributed by atoms with Crippen LogP contribution >= 0.6 is 0 Å². The summed E-state index contributed by atoms with van der Waals surface area (Å²) in [6.45, 7) is 13.5. The van der Waals surface area contributed by atoms with Crippen LogP contribution in [-0.2, 0) is 0 Å². The van der Waals surface area contributed by atoms with Gasteiger partial charge in [-0.1, -0.05) is 13.8 Å². The highest BCUT2D eigenvalue weighted by atomic mass is 15.3. The summed E-state index contributed by atoms with van der Waals surface area (Å²) >= 11 is 0. The molecule has 1 aliphatic heterocycles. The highest BCUT2D eigenvalue weighted by molar-refractivity contribution is 5.47. The first-order chi connectivity index (χ1) is 8.58. The fourth-order valence-electron chi connectivity index (χ4n) is 2.43. The SMILES string of the molecule is CC(C)c1cncc(N2CCN(C(C)C)CC2)c1. The molecule has 1 aromatic heterocycles. The molecule has 1 aliphatic rings. The Morgan fingerprint density at radius 3 is 2.22 bits per heavy atom. The van der Waals surface area contributed by atoms with Gasteiger partial charge in [0, 0.05) is 38.4 Å². The lowest BCUT2D eigenvalue weighted by atomic mass is 10.1. The Balaban J connectivity index is 2.03. The summed E-state index contributed by atoms with van der Waals surface area (Å²) in [4.78, 5) is 9.37. The number of rotatable bonds is 3. The Labute approximate surface area is 111 Å². The van der Waals surface area contributed by atoms with Gasteiger partial charge in [0.05, 0.1) is 11.9 Å². The third kappa shape index (κ3) is 3.02. The Morgan fingerprint density at radius 1 is 1.00 bits per heavy atom. The fourth-order valence-corrected chi connectivity index (χ4v) is 2.43. The van der Waals surface area contributed by atoms with Crippen molar-refractivity contribution in [3.05, 3.63) is 24.0 Å². The molecule has 3 heteroatoms. The van der Waals surface area contributed by atoms with Crippen molar-refractivity contribution in [1.29, 1.82) is 0 Å². The first-order valence-electron chi connectivity index (χ1n) is 7.02. The van der Waals surface area contributed by atoms with E-state index < -0.39 is 0 Å². The minimum absolute atomic E-state index is 0.550. The molecule has 0 spiro atoms. The molecule has 2 heterocycles. The van der Waals surface area contributed by atoms with Crippen LogP contribution in [0.5, 0.6) is 0 Å². The van der Waals surface area contributed by atoms with Gasteiger partial charge < -0.3 is 4.90 Å². The number of anilines is 1. The second kappa shape index (κ2) is 5.70. The summed E-state index contributed by atoms with van der Waals surface area (Å²) in [5, 5.41) is 0. The molecule has 18 heavy (non-hydrogen) atoms. The summed E-state index contributed by atoms with van der Waals surface area (Å²) in [6.07, 6.45) is 3.98. The van der Waals surface area contributed by atoms with Gasteiger partial charge in [-0.2, -0.15) is 0 Å².